The average molecular weight is 422 g/mol. The number of thiophene rings is 1. The van der Waals surface area contributed by atoms with Crippen LogP contribution in [0.25, 0.3) is 22.2 Å². The maximum atomic E-state index is 13.1. The molecule has 0 aliphatic heterocycles. The molecule has 0 unspecified atom stereocenters. The lowest BCUT2D eigenvalue weighted by atomic mass is 9.96. The van der Waals surface area contributed by atoms with E-state index in [1.807, 2.05) is 0 Å². The van der Waals surface area contributed by atoms with Crippen LogP contribution in [0, 0.1) is 12.7 Å². The average Bonchev–Trinajstić information content (AvgIpc) is 3.30. The molecule has 1 aliphatic carbocycles. The Morgan fingerprint density at radius 2 is 1.89 bits per heavy atom. The number of nitrogens with one attached hydrogen (secondary N) is 1. The highest BCUT2D eigenvalue weighted by molar-refractivity contribution is 7.89. The van der Waals surface area contributed by atoms with E-state index in [-0.39, 0.29) is 22.6 Å². The van der Waals surface area contributed by atoms with Gasteiger partial charge in [0.25, 0.3) is 5.89 Å². The fourth-order valence-corrected chi connectivity index (χ4v) is 6.20. The molecular formula is C19H20FN3O3S2. The molecular weight excluding hydrogens is 401 g/mol. The molecule has 3 aromatic rings. The second-order valence-corrected chi connectivity index (χ2v) is 9.86. The van der Waals surface area contributed by atoms with Crippen molar-refractivity contribution >= 4 is 21.4 Å². The molecule has 148 valence electrons. The lowest BCUT2D eigenvalue weighted by molar-refractivity contribution is 0.412. The molecule has 1 aromatic carbocycles. The van der Waals surface area contributed by atoms with Crippen LogP contribution in [0.3, 0.4) is 0 Å². The van der Waals surface area contributed by atoms with E-state index in [9.17, 15) is 12.8 Å². The fraction of sp³-hybridized carbons (Fsp3) is 0.368. The van der Waals surface area contributed by atoms with Gasteiger partial charge in [0, 0.05) is 16.5 Å². The number of hydrogen-bond acceptors (Lipinski definition) is 6. The van der Waals surface area contributed by atoms with Crippen molar-refractivity contribution in [2.45, 2.75) is 50.0 Å². The number of hydrogen-bond donors (Lipinski definition) is 1. The van der Waals surface area contributed by atoms with Gasteiger partial charge in [0.15, 0.2) is 0 Å². The summed E-state index contributed by atoms with van der Waals surface area (Å²) in [6.45, 7) is 1.76. The Balaban J connectivity index is 1.58. The van der Waals surface area contributed by atoms with Crippen LogP contribution in [0.1, 0.15) is 37.0 Å². The third-order valence-corrected chi connectivity index (χ3v) is 7.64. The number of aryl methyl sites for hydroxylation is 1. The summed E-state index contributed by atoms with van der Waals surface area (Å²) in [5.41, 5.74) is 0.622. The Morgan fingerprint density at radius 3 is 2.61 bits per heavy atom. The van der Waals surface area contributed by atoms with Crippen molar-refractivity contribution in [3.05, 3.63) is 41.0 Å². The molecule has 0 radical (unpaired) electrons. The van der Waals surface area contributed by atoms with E-state index >= 15 is 0 Å². The van der Waals surface area contributed by atoms with Crippen LogP contribution in [0.2, 0.25) is 0 Å². The van der Waals surface area contributed by atoms with Crippen LogP contribution >= 0.6 is 11.3 Å². The zero-order valence-electron chi connectivity index (χ0n) is 15.3. The monoisotopic (exact) mass is 421 g/mol. The Hall–Kier alpha value is -2.10. The van der Waals surface area contributed by atoms with Crippen LogP contribution in [0.5, 0.6) is 0 Å². The van der Waals surface area contributed by atoms with E-state index in [0.29, 0.717) is 21.1 Å². The summed E-state index contributed by atoms with van der Waals surface area (Å²) in [6, 6.07) is 7.34. The van der Waals surface area contributed by atoms with E-state index in [1.165, 1.54) is 23.5 Å². The topological polar surface area (TPSA) is 85.1 Å². The first kappa shape index (κ1) is 19.2. The Morgan fingerprint density at radius 1 is 1.18 bits per heavy atom. The first-order valence-electron chi connectivity index (χ1n) is 9.15. The van der Waals surface area contributed by atoms with Gasteiger partial charge in [0.05, 0.1) is 9.77 Å². The van der Waals surface area contributed by atoms with Crippen LogP contribution in [0.4, 0.5) is 4.39 Å². The van der Waals surface area contributed by atoms with Crippen molar-refractivity contribution < 1.29 is 17.3 Å². The minimum Gasteiger partial charge on any atom is -0.333 e. The normalized spacial score (nSPS) is 15.8. The molecule has 0 saturated heterocycles. The summed E-state index contributed by atoms with van der Waals surface area (Å²) in [5.74, 6) is 0.221. The SMILES string of the molecule is Cc1sc(-c2nc(-c3ccc(F)cc3)no2)cc1S(=O)(=O)NC1CCCCC1. The van der Waals surface area contributed by atoms with Gasteiger partial charge >= 0.3 is 0 Å². The van der Waals surface area contributed by atoms with E-state index < -0.39 is 10.0 Å². The maximum Gasteiger partial charge on any atom is 0.268 e. The van der Waals surface area contributed by atoms with E-state index in [0.717, 1.165) is 32.1 Å². The van der Waals surface area contributed by atoms with E-state index in [4.69, 9.17) is 4.52 Å². The Bertz CT molecular complexity index is 1070. The number of halogens is 1. The molecule has 6 nitrogen and oxygen atoms in total. The summed E-state index contributed by atoms with van der Waals surface area (Å²) < 4.78 is 46.8. The third-order valence-electron chi connectivity index (χ3n) is 4.83. The molecule has 0 bridgehead atoms. The van der Waals surface area contributed by atoms with Crippen molar-refractivity contribution in [3.8, 4) is 22.2 Å². The van der Waals surface area contributed by atoms with Crippen LogP contribution in [0.15, 0.2) is 39.8 Å². The zero-order valence-corrected chi connectivity index (χ0v) is 16.9. The third kappa shape index (κ3) is 4.01. The van der Waals surface area contributed by atoms with Gasteiger partial charge in [0.1, 0.15) is 5.82 Å². The summed E-state index contributed by atoms with van der Waals surface area (Å²) in [4.78, 5) is 5.83. The number of sulfonamides is 1. The lowest BCUT2D eigenvalue weighted by Gasteiger charge is -2.22. The predicted molar refractivity (Wildman–Crippen MR) is 105 cm³/mol. The highest BCUT2D eigenvalue weighted by Gasteiger charge is 2.26. The quantitative estimate of drug-likeness (QED) is 0.654. The van der Waals surface area contributed by atoms with Gasteiger partial charge in [-0.15, -0.1) is 11.3 Å². The molecule has 0 spiro atoms. The fourth-order valence-electron chi connectivity index (χ4n) is 3.38. The summed E-state index contributed by atoms with van der Waals surface area (Å²) in [7, 11) is -3.60. The Kier molecular flexibility index (Phi) is 5.31. The molecule has 2 aromatic heterocycles. The largest absolute Gasteiger partial charge is 0.333 e. The van der Waals surface area contributed by atoms with Crippen LogP contribution in [-0.2, 0) is 10.0 Å². The van der Waals surface area contributed by atoms with Crippen LogP contribution in [-0.4, -0.2) is 24.6 Å². The van der Waals surface area contributed by atoms with Crippen molar-refractivity contribution in [2.75, 3.05) is 0 Å². The molecule has 4 rings (SSSR count). The number of benzene rings is 1. The van der Waals surface area contributed by atoms with Gasteiger partial charge < -0.3 is 4.52 Å². The smallest absolute Gasteiger partial charge is 0.268 e. The molecule has 28 heavy (non-hydrogen) atoms. The van der Waals surface area contributed by atoms with E-state index in [1.54, 1.807) is 25.1 Å². The standard InChI is InChI=1S/C19H20FN3O3S2/c1-12-17(28(24,25)23-15-5-3-2-4-6-15)11-16(27-12)19-21-18(22-26-19)13-7-9-14(20)10-8-13/h7-11,15,23H,2-6H2,1H3. The summed E-state index contributed by atoms with van der Waals surface area (Å²) >= 11 is 1.29. The van der Waals surface area contributed by atoms with Crippen molar-refractivity contribution in [3.63, 3.8) is 0 Å². The summed E-state index contributed by atoms with van der Waals surface area (Å²) in [6.07, 6.45) is 5.01. The van der Waals surface area contributed by atoms with Crippen molar-refractivity contribution in [2.24, 2.45) is 0 Å². The molecule has 9 heteroatoms. The van der Waals surface area contributed by atoms with Gasteiger partial charge in [-0.25, -0.2) is 17.5 Å². The number of rotatable bonds is 5. The maximum absolute atomic E-state index is 13.1. The summed E-state index contributed by atoms with van der Waals surface area (Å²) in [5, 5.41) is 3.92. The van der Waals surface area contributed by atoms with E-state index in [2.05, 4.69) is 14.9 Å². The molecule has 2 heterocycles. The molecule has 1 N–H and O–H groups in total. The minimum absolute atomic E-state index is 0.00465. The van der Waals surface area contributed by atoms with Gasteiger partial charge in [-0.3, -0.25) is 0 Å². The number of aromatic nitrogens is 2. The highest BCUT2D eigenvalue weighted by Crippen LogP contribution is 2.34. The molecule has 0 atom stereocenters. The number of nitrogens with zero attached hydrogens (tertiary/aromatic N) is 2. The van der Waals surface area contributed by atoms with Gasteiger partial charge in [-0.1, -0.05) is 24.4 Å². The first-order chi connectivity index (χ1) is 13.4. The molecule has 1 saturated carbocycles. The second kappa shape index (κ2) is 7.73. The van der Waals surface area contributed by atoms with Gasteiger partial charge in [-0.2, -0.15) is 4.98 Å². The highest BCUT2D eigenvalue weighted by atomic mass is 32.2. The minimum atomic E-state index is -3.60. The molecule has 0 amide bonds. The predicted octanol–water partition coefficient (Wildman–Crippen LogP) is 4.52. The molecule has 1 fully saturated rings. The zero-order chi connectivity index (χ0) is 19.7. The Labute approximate surface area is 166 Å². The lowest BCUT2D eigenvalue weighted by Crippen LogP contribution is -2.36. The van der Waals surface area contributed by atoms with Gasteiger partial charge in [0.2, 0.25) is 15.8 Å². The second-order valence-electron chi connectivity index (χ2n) is 6.92. The van der Waals surface area contributed by atoms with Crippen molar-refractivity contribution in [1.82, 2.24) is 14.9 Å². The van der Waals surface area contributed by atoms with Gasteiger partial charge in [-0.05, 0) is 50.1 Å². The first-order valence-corrected chi connectivity index (χ1v) is 11.4. The molecule has 1 aliphatic rings. The van der Waals surface area contributed by atoms with Crippen LogP contribution < -0.4 is 4.72 Å². The van der Waals surface area contributed by atoms with Crippen molar-refractivity contribution in [1.29, 1.82) is 0 Å².